The van der Waals surface area contributed by atoms with Crippen LogP contribution < -0.4 is 5.32 Å². The molecule has 0 aromatic carbocycles. The number of carbonyl (C=O) groups is 1. The van der Waals surface area contributed by atoms with E-state index in [0.717, 1.165) is 4.90 Å². The van der Waals surface area contributed by atoms with Gasteiger partial charge in [0.15, 0.2) is 0 Å². The van der Waals surface area contributed by atoms with Crippen molar-refractivity contribution in [2.75, 3.05) is 26.2 Å². The zero-order valence-electron chi connectivity index (χ0n) is 8.30. The van der Waals surface area contributed by atoms with Gasteiger partial charge in [0.1, 0.15) is 6.04 Å². The van der Waals surface area contributed by atoms with Crippen molar-refractivity contribution in [3.8, 4) is 0 Å². The second-order valence-corrected chi connectivity index (χ2v) is 3.19. The molecule has 0 aromatic rings. The van der Waals surface area contributed by atoms with E-state index in [-0.39, 0.29) is 26.2 Å². The number of nitrogens with one attached hydrogen (secondary N) is 1. The lowest BCUT2D eigenvalue weighted by Crippen LogP contribution is -2.58. The quantitative estimate of drug-likeness (QED) is 0.724. The molecule has 1 amide bonds. The van der Waals surface area contributed by atoms with Gasteiger partial charge in [0, 0.05) is 19.6 Å². The van der Waals surface area contributed by atoms with Gasteiger partial charge in [0.25, 0.3) is 0 Å². The number of rotatable bonds is 1. The Morgan fingerprint density at radius 3 is 2.80 bits per heavy atom. The number of carbonyl (C=O) groups excluding carboxylic acids is 1. The number of halogens is 3. The molecule has 1 aliphatic heterocycles. The first kappa shape index (κ1) is 12.1. The van der Waals surface area contributed by atoms with Crippen LogP contribution in [0.2, 0.25) is 0 Å². The Morgan fingerprint density at radius 2 is 2.27 bits per heavy atom. The Bertz CT molecular complexity index is 232. The zero-order chi connectivity index (χ0) is 11.5. The number of ether oxygens (including phenoxy) is 1. The highest BCUT2D eigenvalue weighted by molar-refractivity contribution is 5.67. The fourth-order valence-corrected chi connectivity index (χ4v) is 1.35. The van der Waals surface area contributed by atoms with E-state index in [4.69, 9.17) is 0 Å². The average molecular weight is 226 g/mol. The minimum Gasteiger partial charge on any atom is -0.450 e. The molecule has 0 aliphatic carbocycles. The Kier molecular flexibility index (Phi) is 3.78. The van der Waals surface area contributed by atoms with Crippen molar-refractivity contribution in [1.29, 1.82) is 0 Å². The van der Waals surface area contributed by atoms with Crippen LogP contribution in [0.25, 0.3) is 0 Å². The molecule has 1 aliphatic rings. The molecule has 0 aromatic heterocycles. The summed E-state index contributed by atoms with van der Waals surface area (Å²) in [4.78, 5) is 12.2. The van der Waals surface area contributed by atoms with Crippen molar-refractivity contribution in [1.82, 2.24) is 10.2 Å². The van der Waals surface area contributed by atoms with E-state index >= 15 is 0 Å². The summed E-state index contributed by atoms with van der Waals surface area (Å²) in [5.74, 6) is 0. The topological polar surface area (TPSA) is 41.6 Å². The van der Waals surface area contributed by atoms with Crippen molar-refractivity contribution in [3.05, 3.63) is 0 Å². The lowest BCUT2D eigenvalue weighted by Gasteiger charge is -2.33. The van der Waals surface area contributed by atoms with E-state index in [1.54, 1.807) is 6.92 Å². The minimum atomic E-state index is -4.33. The SMILES string of the molecule is CCOC(=O)N1CCN[C@H](C(F)(F)F)C1. The molecule has 0 saturated carbocycles. The number of amides is 1. The molecule has 4 nitrogen and oxygen atoms in total. The van der Waals surface area contributed by atoms with Gasteiger partial charge in [-0.1, -0.05) is 0 Å². The van der Waals surface area contributed by atoms with Crippen LogP contribution in [-0.2, 0) is 4.74 Å². The van der Waals surface area contributed by atoms with E-state index in [2.05, 4.69) is 10.1 Å². The van der Waals surface area contributed by atoms with Gasteiger partial charge in [-0.25, -0.2) is 4.79 Å². The zero-order valence-corrected chi connectivity index (χ0v) is 8.30. The van der Waals surface area contributed by atoms with Crippen LogP contribution >= 0.6 is 0 Å². The summed E-state index contributed by atoms with van der Waals surface area (Å²) in [6, 6.07) is -1.66. The average Bonchev–Trinajstić information content (AvgIpc) is 2.17. The molecular weight excluding hydrogens is 213 g/mol. The van der Waals surface area contributed by atoms with Crippen LogP contribution in [0, 0.1) is 0 Å². The third kappa shape index (κ3) is 3.26. The number of hydrogen-bond acceptors (Lipinski definition) is 3. The third-order valence-corrected chi connectivity index (χ3v) is 2.10. The van der Waals surface area contributed by atoms with Crippen molar-refractivity contribution < 1.29 is 22.7 Å². The number of alkyl halides is 3. The van der Waals surface area contributed by atoms with Crippen molar-refractivity contribution in [2.45, 2.75) is 19.1 Å². The number of piperazine rings is 1. The molecule has 1 heterocycles. The maximum Gasteiger partial charge on any atom is 0.409 e. The van der Waals surface area contributed by atoms with Gasteiger partial charge in [-0.15, -0.1) is 0 Å². The molecule has 1 saturated heterocycles. The summed E-state index contributed by atoms with van der Waals surface area (Å²) >= 11 is 0. The van der Waals surface area contributed by atoms with E-state index in [1.807, 2.05) is 0 Å². The highest BCUT2D eigenvalue weighted by Gasteiger charge is 2.43. The highest BCUT2D eigenvalue weighted by Crippen LogP contribution is 2.22. The lowest BCUT2D eigenvalue weighted by molar-refractivity contribution is -0.163. The van der Waals surface area contributed by atoms with E-state index in [0.29, 0.717) is 0 Å². The predicted molar refractivity (Wildman–Crippen MR) is 46.4 cm³/mol. The molecule has 0 spiro atoms. The van der Waals surface area contributed by atoms with Crippen LogP contribution in [0.1, 0.15) is 6.92 Å². The summed E-state index contributed by atoms with van der Waals surface area (Å²) in [6.45, 7) is 1.76. The lowest BCUT2D eigenvalue weighted by atomic mass is 10.2. The van der Waals surface area contributed by atoms with Gasteiger partial charge in [0.05, 0.1) is 6.61 Å². The van der Waals surface area contributed by atoms with Crippen molar-refractivity contribution >= 4 is 6.09 Å². The third-order valence-electron chi connectivity index (χ3n) is 2.10. The smallest absolute Gasteiger partial charge is 0.409 e. The summed E-state index contributed by atoms with van der Waals surface area (Å²) in [5.41, 5.74) is 0. The normalized spacial score (nSPS) is 22.7. The number of hydrogen-bond donors (Lipinski definition) is 1. The monoisotopic (exact) mass is 226 g/mol. The van der Waals surface area contributed by atoms with Gasteiger partial charge in [-0.05, 0) is 6.92 Å². The first-order valence-corrected chi connectivity index (χ1v) is 4.67. The standard InChI is InChI=1S/C8H13F3N2O2/c1-2-15-7(14)13-4-3-12-6(5-13)8(9,10)11/h6,12H,2-5H2,1H3/t6-/m0/s1. The molecule has 1 N–H and O–H groups in total. The van der Waals surface area contributed by atoms with E-state index in [9.17, 15) is 18.0 Å². The Hall–Kier alpha value is -0.980. The van der Waals surface area contributed by atoms with Crippen LogP contribution in [0.15, 0.2) is 0 Å². The Balaban J connectivity index is 2.52. The van der Waals surface area contributed by atoms with Gasteiger partial charge < -0.3 is 15.0 Å². The maximum atomic E-state index is 12.3. The highest BCUT2D eigenvalue weighted by atomic mass is 19.4. The molecule has 1 rings (SSSR count). The van der Waals surface area contributed by atoms with Crippen LogP contribution in [0.3, 0.4) is 0 Å². The minimum absolute atomic E-state index is 0.128. The summed E-state index contributed by atoms with van der Waals surface area (Å²) in [5, 5.41) is 2.31. The molecule has 0 unspecified atom stereocenters. The van der Waals surface area contributed by atoms with Gasteiger partial charge in [-0.2, -0.15) is 13.2 Å². The van der Waals surface area contributed by atoms with Crippen molar-refractivity contribution in [3.63, 3.8) is 0 Å². The van der Waals surface area contributed by atoms with Gasteiger partial charge in [0.2, 0.25) is 0 Å². The van der Waals surface area contributed by atoms with Gasteiger partial charge in [-0.3, -0.25) is 0 Å². The second-order valence-electron chi connectivity index (χ2n) is 3.19. The fraction of sp³-hybridized carbons (Fsp3) is 0.875. The molecular formula is C8H13F3N2O2. The Labute approximate surface area is 85.4 Å². The first-order chi connectivity index (χ1) is 6.95. The van der Waals surface area contributed by atoms with E-state index < -0.39 is 18.3 Å². The maximum absolute atomic E-state index is 12.3. The van der Waals surface area contributed by atoms with E-state index in [1.165, 1.54) is 0 Å². The first-order valence-electron chi connectivity index (χ1n) is 4.67. The van der Waals surface area contributed by atoms with Crippen LogP contribution in [-0.4, -0.2) is 49.5 Å². The molecule has 0 radical (unpaired) electrons. The molecule has 1 atom stereocenters. The summed E-state index contributed by atoms with van der Waals surface area (Å²) in [6.07, 6.45) is -5.02. The van der Waals surface area contributed by atoms with Crippen LogP contribution in [0.4, 0.5) is 18.0 Å². The summed E-state index contributed by atoms with van der Waals surface area (Å²) in [7, 11) is 0. The molecule has 88 valence electrons. The van der Waals surface area contributed by atoms with Crippen molar-refractivity contribution in [2.24, 2.45) is 0 Å². The molecule has 15 heavy (non-hydrogen) atoms. The second kappa shape index (κ2) is 4.69. The van der Waals surface area contributed by atoms with Gasteiger partial charge >= 0.3 is 12.3 Å². The largest absolute Gasteiger partial charge is 0.450 e. The summed E-state index contributed by atoms with van der Waals surface area (Å²) < 4.78 is 41.6. The fourth-order valence-electron chi connectivity index (χ4n) is 1.35. The predicted octanol–water partition coefficient (Wildman–Crippen LogP) is 0.979. The number of nitrogens with zero attached hydrogens (tertiary/aromatic N) is 1. The molecule has 1 fully saturated rings. The molecule has 0 bridgehead atoms. The Morgan fingerprint density at radius 1 is 1.60 bits per heavy atom. The molecule has 7 heteroatoms. The van der Waals surface area contributed by atoms with Crippen LogP contribution in [0.5, 0.6) is 0 Å².